The standard InChI is InChI=1S/C4H7NO2.C2H6/c1-3(6)2-4(5)7;1-2/h2H2,1H3,(H2,5,7);1-2H3. The molecule has 9 heavy (non-hydrogen) atoms. The highest BCUT2D eigenvalue weighted by Crippen LogP contribution is 1.75. The van der Waals surface area contributed by atoms with Gasteiger partial charge in [-0.1, -0.05) is 13.8 Å². The van der Waals surface area contributed by atoms with E-state index >= 15 is 0 Å². The van der Waals surface area contributed by atoms with Gasteiger partial charge in [-0.3, -0.25) is 9.59 Å². The summed E-state index contributed by atoms with van der Waals surface area (Å²) in [5.74, 6) is -0.750. The molecule has 54 valence electrons. The zero-order valence-corrected chi connectivity index (χ0v) is 6.10. The molecule has 0 aliphatic carbocycles. The van der Waals surface area contributed by atoms with Crippen LogP contribution in [0, 0.1) is 0 Å². The summed E-state index contributed by atoms with van der Waals surface area (Å²) in [6, 6.07) is 0. The summed E-state index contributed by atoms with van der Waals surface area (Å²) in [5.41, 5.74) is 4.63. The molecule has 0 bridgehead atoms. The number of amides is 1. The van der Waals surface area contributed by atoms with Gasteiger partial charge < -0.3 is 5.73 Å². The van der Waals surface area contributed by atoms with E-state index in [2.05, 4.69) is 5.73 Å². The molecular weight excluding hydrogens is 118 g/mol. The summed E-state index contributed by atoms with van der Waals surface area (Å²) in [4.78, 5) is 19.8. The Kier molecular flexibility index (Phi) is 8.73. The molecule has 0 aromatic carbocycles. The zero-order chi connectivity index (χ0) is 7.86. The van der Waals surface area contributed by atoms with E-state index in [4.69, 9.17) is 0 Å². The molecule has 0 saturated heterocycles. The molecule has 2 N–H and O–H groups in total. The highest BCUT2D eigenvalue weighted by atomic mass is 16.2. The van der Waals surface area contributed by atoms with Crippen LogP contribution in [0.15, 0.2) is 0 Å². The molecular formula is C6H13NO2. The molecule has 1 amide bonds. The number of Topliss-reactive ketones (excluding diaryl/α,β-unsaturated/α-hetero) is 1. The Balaban J connectivity index is 0. The van der Waals surface area contributed by atoms with Crippen molar-refractivity contribution in [3.8, 4) is 0 Å². The Morgan fingerprint density at radius 3 is 1.67 bits per heavy atom. The topological polar surface area (TPSA) is 60.2 Å². The number of primary amides is 1. The highest BCUT2D eigenvalue weighted by Gasteiger charge is 1.95. The molecule has 0 aromatic heterocycles. The third-order valence-corrected chi connectivity index (χ3v) is 0.423. The number of nitrogens with two attached hydrogens (primary N) is 1. The van der Waals surface area contributed by atoms with Crippen LogP contribution < -0.4 is 5.73 Å². The largest absolute Gasteiger partial charge is 0.369 e. The molecule has 0 radical (unpaired) electrons. The van der Waals surface area contributed by atoms with Crippen molar-refractivity contribution in [3.05, 3.63) is 0 Å². The van der Waals surface area contributed by atoms with Crippen molar-refractivity contribution in [2.24, 2.45) is 5.73 Å². The number of carbonyl (C=O) groups is 2. The van der Waals surface area contributed by atoms with E-state index in [1.54, 1.807) is 0 Å². The van der Waals surface area contributed by atoms with E-state index in [0.29, 0.717) is 0 Å². The molecule has 0 saturated carbocycles. The van der Waals surface area contributed by atoms with E-state index in [-0.39, 0.29) is 12.2 Å². The molecule has 0 atom stereocenters. The van der Waals surface area contributed by atoms with Crippen molar-refractivity contribution >= 4 is 11.7 Å². The van der Waals surface area contributed by atoms with Gasteiger partial charge >= 0.3 is 0 Å². The van der Waals surface area contributed by atoms with Crippen LogP contribution in [0.25, 0.3) is 0 Å². The first-order chi connectivity index (χ1) is 4.13. The second-order valence-corrected chi connectivity index (χ2v) is 1.35. The lowest BCUT2D eigenvalue weighted by Crippen LogP contribution is -2.13. The van der Waals surface area contributed by atoms with Gasteiger partial charge in [0, 0.05) is 0 Å². The monoisotopic (exact) mass is 131 g/mol. The molecule has 3 nitrogen and oxygen atoms in total. The van der Waals surface area contributed by atoms with Crippen LogP contribution in [0.2, 0.25) is 0 Å². The third-order valence-electron chi connectivity index (χ3n) is 0.423. The summed E-state index contributed by atoms with van der Waals surface area (Å²) in [5, 5.41) is 0. The van der Waals surface area contributed by atoms with Crippen molar-refractivity contribution in [1.82, 2.24) is 0 Å². The molecule has 0 aliphatic heterocycles. The Morgan fingerprint density at radius 1 is 1.33 bits per heavy atom. The van der Waals surface area contributed by atoms with E-state index in [0.717, 1.165) is 0 Å². The zero-order valence-electron chi connectivity index (χ0n) is 6.10. The van der Waals surface area contributed by atoms with Crippen LogP contribution in [0.3, 0.4) is 0 Å². The number of rotatable bonds is 2. The second-order valence-electron chi connectivity index (χ2n) is 1.35. The van der Waals surface area contributed by atoms with Gasteiger partial charge in [0.1, 0.15) is 5.78 Å². The maximum absolute atomic E-state index is 9.95. The fourth-order valence-corrected chi connectivity index (χ4v) is 0.245. The number of carbonyl (C=O) groups excluding carboxylic acids is 2. The van der Waals surface area contributed by atoms with E-state index in [9.17, 15) is 9.59 Å². The van der Waals surface area contributed by atoms with Gasteiger partial charge in [0.2, 0.25) is 5.91 Å². The SMILES string of the molecule is CC.CC(=O)CC(N)=O. The van der Waals surface area contributed by atoms with Gasteiger partial charge in [-0.25, -0.2) is 0 Å². The normalized spacial score (nSPS) is 7.00. The molecule has 0 unspecified atom stereocenters. The fraction of sp³-hybridized carbons (Fsp3) is 0.667. The van der Waals surface area contributed by atoms with Crippen molar-refractivity contribution in [1.29, 1.82) is 0 Å². The van der Waals surface area contributed by atoms with Crippen LogP contribution >= 0.6 is 0 Å². The number of ketones is 1. The van der Waals surface area contributed by atoms with E-state index < -0.39 is 5.91 Å². The minimum Gasteiger partial charge on any atom is -0.369 e. The van der Waals surface area contributed by atoms with Crippen LogP contribution in [0.5, 0.6) is 0 Å². The summed E-state index contributed by atoms with van der Waals surface area (Å²) in [6.07, 6.45) is -0.139. The Hall–Kier alpha value is -0.860. The first-order valence-corrected chi connectivity index (χ1v) is 2.90. The maximum Gasteiger partial charge on any atom is 0.224 e. The maximum atomic E-state index is 9.95. The Morgan fingerprint density at radius 2 is 1.67 bits per heavy atom. The molecule has 0 rings (SSSR count). The lowest BCUT2D eigenvalue weighted by atomic mass is 10.3. The smallest absolute Gasteiger partial charge is 0.224 e. The quantitative estimate of drug-likeness (QED) is 0.554. The summed E-state index contributed by atoms with van der Waals surface area (Å²) < 4.78 is 0. The Bertz CT molecular complexity index is 87.2. The predicted octanol–water partition coefficient (Wildman–Crippen LogP) is 0.477. The third kappa shape index (κ3) is 19.1. The molecule has 3 heteroatoms. The lowest BCUT2D eigenvalue weighted by molar-refractivity contribution is -0.125. The van der Waals surface area contributed by atoms with Crippen molar-refractivity contribution in [2.75, 3.05) is 0 Å². The second kappa shape index (κ2) is 7.14. The van der Waals surface area contributed by atoms with Crippen LogP contribution in [-0.2, 0) is 9.59 Å². The van der Waals surface area contributed by atoms with Gasteiger partial charge in [-0.2, -0.15) is 0 Å². The lowest BCUT2D eigenvalue weighted by Gasteiger charge is -1.82. The van der Waals surface area contributed by atoms with Gasteiger partial charge in [-0.05, 0) is 6.92 Å². The minimum atomic E-state index is -0.562. The van der Waals surface area contributed by atoms with Crippen molar-refractivity contribution in [3.63, 3.8) is 0 Å². The van der Waals surface area contributed by atoms with Gasteiger partial charge in [0.15, 0.2) is 0 Å². The van der Waals surface area contributed by atoms with Crippen molar-refractivity contribution < 1.29 is 9.59 Å². The first-order valence-electron chi connectivity index (χ1n) is 2.90. The van der Waals surface area contributed by atoms with Gasteiger partial charge in [0.05, 0.1) is 6.42 Å². The van der Waals surface area contributed by atoms with E-state index in [1.165, 1.54) is 6.92 Å². The van der Waals surface area contributed by atoms with Crippen LogP contribution in [0.4, 0.5) is 0 Å². The number of hydrogen-bond donors (Lipinski definition) is 1. The Labute approximate surface area is 55.2 Å². The van der Waals surface area contributed by atoms with E-state index in [1.807, 2.05) is 13.8 Å². The molecule has 0 aliphatic rings. The average Bonchev–Trinajstić information content (AvgIpc) is 1.68. The number of hydrogen-bond acceptors (Lipinski definition) is 2. The van der Waals surface area contributed by atoms with Crippen LogP contribution in [0.1, 0.15) is 27.2 Å². The minimum absolute atomic E-state index is 0.139. The first kappa shape index (κ1) is 11.0. The fourth-order valence-electron chi connectivity index (χ4n) is 0.245. The summed E-state index contributed by atoms with van der Waals surface area (Å²) in [7, 11) is 0. The van der Waals surface area contributed by atoms with Gasteiger partial charge in [0.25, 0.3) is 0 Å². The molecule has 0 spiro atoms. The van der Waals surface area contributed by atoms with Crippen molar-refractivity contribution in [2.45, 2.75) is 27.2 Å². The molecule has 0 heterocycles. The van der Waals surface area contributed by atoms with Gasteiger partial charge in [-0.15, -0.1) is 0 Å². The predicted molar refractivity (Wildman–Crippen MR) is 35.8 cm³/mol. The highest BCUT2D eigenvalue weighted by molar-refractivity contribution is 5.95. The summed E-state index contributed by atoms with van der Waals surface area (Å²) in [6.45, 7) is 5.32. The summed E-state index contributed by atoms with van der Waals surface area (Å²) >= 11 is 0. The molecule has 0 aromatic rings. The van der Waals surface area contributed by atoms with Crippen LogP contribution in [-0.4, -0.2) is 11.7 Å². The molecule has 0 fully saturated rings. The average molecular weight is 131 g/mol.